The van der Waals surface area contributed by atoms with Crippen LogP contribution in [0, 0.1) is 5.92 Å². The van der Waals surface area contributed by atoms with E-state index in [9.17, 15) is 9.59 Å². The third-order valence-electron chi connectivity index (χ3n) is 2.75. The number of carbonyl (C=O) groups is 2. The first-order chi connectivity index (χ1) is 6.75. The van der Waals surface area contributed by atoms with Gasteiger partial charge in [0.25, 0.3) is 0 Å². The average Bonchev–Trinajstić information content (AvgIpc) is 2.90. The van der Waals surface area contributed by atoms with Gasteiger partial charge in [0.1, 0.15) is 6.04 Å². The number of amides is 1. The zero-order valence-electron chi connectivity index (χ0n) is 8.12. The van der Waals surface area contributed by atoms with E-state index < -0.39 is 0 Å². The molecule has 1 amide bonds. The molecule has 4 nitrogen and oxygen atoms in total. The van der Waals surface area contributed by atoms with Crippen molar-refractivity contribution in [3.63, 3.8) is 0 Å². The molecule has 2 aliphatic rings. The van der Waals surface area contributed by atoms with Crippen LogP contribution in [0.1, 0.15) is 32.1 Å². The largest absolute Gasteiger partial charge is 0.464 e. The summed E-state index contributed by atoms with van der Waals surface area (Å²) in [5.74, 6) is 0.460. The van der Waals surface area contributed by atoms with E-state index in [2.05, 4.69) is 5.32 Å². The molecule has 0 aromatic heterocycles. The monoisotopic (exact) mass is 197 g/mol. The second-order valence-corrected chi connectivity index (χ2v) is 4.06. The van der Waals surface area contributed by atoms with Crippen LogP contribution >= 0.6 is 0 Å². The maximum atomic E-state index is 11.4. The van der Waals surface area contributed by atoms with Crippen molar-refractivity contribution in [3.8, 4) is 0 Å². The van der Waals surface area contributed by atoms with Gasteiger partial charge in [-0.3, -0.25) is 4.79 Å². The van der Waals surface area contributed by atoms with Gasteiger partial charge in [-0.05, 0) is 12.3 Å². The zero-order chi connectivity index (χ0) is 9.97. The molecular weight excluding hydrogens is 182 g/mol. The van der Waals surface area contributed by atoms with Gasteiger partial charge in [0.05, 0.1) is 6.61 Å². The molecule has 14 heavy (non-hydrogen) atoms. The maximum absolute atomic E-state index is 11.4. The lowest BCUT2D eigenvalue weighted by atomic mass is 10.2. The minimum Gasteiger partial charge on any atom is -0.464 e. The number of carbonyl (C=O) groups excluding carboxylic acids is 2. The van der Waals surface area contributed by atoms with Crippen molar-refractivity contribution in [2.75, 3.05) is 6.61 Å². The molecule has 1 saturated carbocycles. The first-order valence-corrected chi connectivity index (χ1v) is 5.21. The molecule has 0 unspecified atom stereocenters. The number of hydrogen-bond donors (Lipinski definition) is 1. The third-order valence-corrected chi connectivity index (χ3v) is 2.75. The molecule has 78 valence electrons. The molecule has 0 bridgehead atoms. The number of rotatable bonds is 4. The number of esters is 1. The van der Waals surface area contributed by atoms with Crippen LogP contribution in [0.3, 0.4) is 0 Å². The predicted molar refractivity (Wildman–Crippen MR) is 49.5 cm³/mol. The van der Waals surface area contributed by atoms with E-state index in [1.165, 1.54) is 12.8 Å². The minimum absolute atomic E-state index is 0.0132. The van der Waals surface area contributed by atoms with E-state index in [0.717, 1.165) is 12.3 Å². The Morgan fingerprint density at radius 2 is 2.21 bits per heavy atom. The van der Waals surface area contributed by atoms with Gasteiger partial charge in [0, 0.05) is 12.8 Å². The van der Waals surface area contributed by atoms with Crippen molar-refractivity contribution in [3.05, 3.63) is 0 Å². The second kappa shape index (κ2) is 3.98. The summed E-state index contributed by atoms with van der Waals surface area (Å²) < 4.78 is 4.75. The Morgan fingerprint density at radius 1 is 1.43 bits per heavy atom. The van der Waals surface area contributed by atoms with E-state index >= 15 is 0 Å². The summed E-state index contributed by atoms with van der Waals surface area (Å²) >= 11 is 0. The summed E-state index contributed by atoms with van der Waals surface area (Å²) in [6.45, 7) is 0.437. The fourth-order valence-corrected chi connectivity index (χ4v) is 1.64. The highest BCUT2D eigenvalue weighted by atomic mass is 16.5. The summed E-state index contributed by atoms with van der Waals surface area (Å²) in [5, 5.41) is 2.70. The van der Waals surface area contributed by atoms with Gasteiger partial charge in [-0.15, -0.1) is 0 Å². The van der Waals surface area contributed by atoms with E-state index in [4.69, 9.17) is 4.74 Å². The Balaban J connectivity index is 1.67. The zero-order valence-corrected chi connectivity index (χ0v) is 8.12. The molecule has 0 radical (unpaired) electrons. The van der Waals surface area contributed by atoms with Crippen LogP contribution in [-0.2, 0) is 14.3 Å². The molecule has 4 heteroatoms. The molecule has 1 saturated heterocycles. The Kier molecular flexibility index (Phi) is 2.70. The predicted octanol–water partition coefficient (Wildman–Crippen LogP) is 0.608. The summed E-state index contributed by atoms with van der Waals surface area (Å²) in [6, 6.07) is -0.387. The highest BCUT2D eigenvalue weighted by Crippen LogP contribution is 2.33. The number of hydrogen-bond acceptors (Lipinski definition) is 3. The van der Waals surface area contributed by atoms with Gasteiger partial charge in [-0.25, -0.2) is 4.79 Å². The highest BCUT2D eigenvalue weighted by molar-refractivity contribution is 5.85. The van der Waals surface area contributed by atoms with Crippen LogP contribution < -0.4 is 5.32 Å². The van der Waals surface area contributed by atoms with Gasteiger partial charge in [0.2, 0.25) is 5.91 Å². The van der Waals surface area contributed by atoms with Crippen LogP contribution in [0.2, 0.25) is 0 Å². The van der Waals surface area contributed by atoms with Crippen molar-refractivity contribution < 1.29 is 14.3 Å². The van der Waals surface area contributed by atoms with Crippen LogP contribution in [0.4, 0.5) is 0 Å². The van der Waals surface area contributed by atoms with Gasteiger partial charge in [-0.2, -0.15) is 0 Å². The highest BCUT2D eigenvalue weighted by Gasteiger charge is 2.28. The van der Waals surface area contributed by atoms with E-state index in [1.54, 1.807) is 0 Å². The van der Waals surface area contributed by atoms with Crippen molar-refractivity contribution in [2.45, 2.75) is 38.1 Å². The summed E-state index contributed by atoms with van der Waals surface area (Å²) in [5.41, 5.74) is 0. The van der Waals surface area contributed by atoms with Gasteiger partial charge in [0.15, 0.2) is 0 Å². The standard InChI is InChI=1S/C10H15NO3/c12-9(4-3-7-1-2-7)11-8-5-6-14-10(8)13/h7-8H,1-6H2,(H,11,12)/t8-/m0/s1. The van der Waals surface area contributed by atoms with Crippen molar-refractivity contribution in [2.24, 2.45) is 5.92 Å². The molecule has 0 spiro atoms. The fourth-order valence-electron chi connectivity index (χ4n) is 1.64. The summed E-state index contributed by atoms with van der Waals surface area (Å²) in [6.07, 6.45) is 4.66. The summed E-state index contributed by atoms with van der Waals surface area (Å²) in [4.78, 5) is 22.4. The SMILES string of the molecule is O=C(CCC1CC1)N[C@H]1CCOC1=O. The fraction of sp³-hybridized carbons (Fsp3) is 0.800. The quantitative estimate of drug-likeness (QED) is 0.672. The van der Waals surface area contributed by atoms with Crippen LogP contribution in [0.25, 0.3) is 0 Å². The maximum Gasteiger partial charge on any atom is 0.328 e. The topological polar surface area (TPSA) is 55.4 Å². The van der Waals surface area contributed by atoms with Gasteiger partial charge < -0.3 is 10.1 Å². The van der Waals surface area contributed by atoms with Crippen LogP contribution in [0.15, 0.2) is 0 Å². The van der Waals surface area contributed by atoms with Crippen LogP contribution in [-0.4, -0.2) is 24.5 Å². The number of ether oxygens (including phenoxy) is 1. The van der Waals surface area contributed by atoms with Gasteiger partial charge in [-0.1, -0.05) is 12.8 Å². The lowest BCUT2D eigenvalue weighted by Crippen LogP contribution is -2.37. The Bertz CT molecular complexity index is 248. The molecule has 2 fully saturated rings. The van der Waals surface area contributed by atoms with Crippen molar-refractivity contribution >= 4 is 11.9 Å². The molecule has 1 aliphatic carbocycles. The molecule has 1 aliphatic heterocycles. The van der Waals surface area contributed by atoms with E-state index in [1.807, 2.05) is 0 Å². The first kappa shape index (κ1) is 9.49. The molecule has 1 N–H and O–H groups in total. The Morgan fingerprint density at radius 3 is 2.79 bits per heavy atom. The number of cyclic esters (lactones) is 1. The number of nitrogens with one attached hydrogen (secondary N) is 1. The van der Waals surface area contributed by atoms with E-state index in [0.29, 0.717) is 19.4 Å². The molecule has 1 heterocycles. The molecule has 0 aromatic carbocycles. The van der Waals surface area contributed by atoms with Crippen molar-refractivity contribution in [1.29, 1.82) is 0 Å². The molecular formula is C10H15NO3. The minimum atomic E-state index is -0.387. The lowest BCUT2D eigenvalue weighted by molar-refractivity contribution is -0.141. The first-order valence-electron chi connectivity index (χ1n) is 5.21. The second-order valence-electron chi connectivity index (χ2n) is 4.06. The Labute approximate surface area is 83.0 Å². The van der Waals surface area contributed by atoms with E-state index in [-0.39, 0.29) is 17.9 Å². The van der Waals surface area contributed by atoms with Crippen molar-refractivity contribution in [1.82, 2.24) is 5.32 Å². The smallest absolute Gasteiger partial charge is 0.328 e. The molecule has 1 atom stereocenters. The third kappa shape index (κ3) is 2.47. The Hall–Kier alpha value is -1.06. The molecule has 0 aromatic rings. The normalized spacial score (nSPS) is 26.0. The van der Waals surface area contributed by atoms with Crippen LogP contribution in [0.5, 0.6) is 0 Å². The average molecular weight is 197 g/mol. The lowest BCUT2D eigenvalue weighted by Gasteiger charge is -2.07. The molecule has 2 rings (SSSR count). The van der Waals surface area contributed by atoms with Gasteiger partial charge >= 0.3 is 5.97 Å². The summed E-state index contributed by atoms with van der Waals surface area (Å²) in [7, 11) is 0.